The highest BCUT2D eigenvalue weighted by atomic mass is 19.1. The van der Waals surface area contributed by atoms with E-state index in [-0.39, 0.29) is 5.82 Å². The predicted molar refractivity (Wildman–Crippen MR) is 72.4 cm³/mol. The summed E-state index contributed by atoms with van der Waals surface area (Å²) >= 11 is 0. The average Bonchev–Trinajstić information content (AvgIpc) is 2.28. The second-order valence-corrected chi connectivity index (χ2v) is 4.30. The van der Waals surface area contributed by atoms with Gasteiger partial charge in [0.15, 0.2) is 0 Å². The summed E-state index contributed by atoms with van der Waals surface area (Å²) in [7, 11) is 0. The van der Waals surface area contributed by atoms with E-state index in [1.165, 1.54) is 23.3 Å². The Bertz CT molecular complexity index is 423. The minimum Gasteiger partial charge on any atom is -0.355 e. The lowest BCUT2D eigenvalue weighted by atomic mass is 10.1. The molecule has 92 valence electrons. The molecule has 0 aromatic heterocycles. The first-order valence-electron chi connectivity index (χ1n) is 5.91. The molecule has 0 aliphatic carbocycles. The van der Waals surface area contributed by atoms with Gasteiger partial charge in [-0.2, -0.15) is 0 Å². The molecule has 0 fully saturated rings. The summed E-state index contributed by atoms with van der Waals surface area (Å²) in [6.07, 6.45) is 3.19. The number of allylic oxidation sites excluding steroid dienone is 3. The van der Waals surface area contributed by atoms with Gasteiger partial charge in [0.1, 0.15) is 5.82 Å². The van der Waals surface area contributed by atoms with Crippen molar-refractivity contribution in [3.63, 3.8) is 0 Å². The highest BCUT2D eigenvalue weighted by Gasteiger charge is 2.03. The van der Waals surface area contributed by atoms with Crippen LogP contribution < -0.4 is 5.32 Å². The van der Waals surface area contributed by atoms with E-state index in [2.05, 4.69) is 39.1 Å². The zero-order valence-corrected chi connectivity index (χ0v) is 11.0. The fourth-order valence-electron chi connectivity index (χ4n) is 1.70. The van der Waals surface area contributed by atoms with Gasteiger partial charge < -0.3 is 5.32 Å². The first kappa shape index (κ1) is 13.5. The van der Waals surface area contributed by atoms with E-state index in [4.69, 9.17) is 0 Å². The fraction of sp³-hybridized carbons (Fsp3) is 0.333. The maximum atomic E-state index is 12.8. The van der Waals surface area contributed by atoms with Crippen LogP contribution in [-0.2, 0) is 0 Å². The fourth-order valence-corrected chi connectivity index (χ4v) is 1.70. The van der Waals surface area contributed by atoms with Crippen molar-refractivity contribution in [1.29, 1.82) is 0 Å². The topological polar surface area (TPSA) is 12.0 Å². The third kappa shape index (κ3) is 4.06. The number of hydrogen-bond acceptors (Lipinski definition) is 1. The average molecular weight is 233 g/mol. The third-order valence-corrected chi connectivity index (χ3v) is 2.52. The van der Waals surface area contributed by atoms with Crippen molar-refractivity contribution in [2.45, 2.75) is 34.1 Å². The highest BCUT2D eigenvalue weighted by Crippen LogP contribution is 2.19. The van der Waals surface area contributed by atoms with Gasteiger partial charge in [0.25, 0.3) is 0 Å². The number of halogens is 1. The standard InChI is InChI=1S/C15H20FN/c1-5-6-12(4)15(11(2)3)17-14-9-7-13(16)8-10-14/h6-10,17H,5H2,1-4H3/b12-6-. The SMILES string of the molecule is CC/C=C(/C)C(Nc1ccc(F)cc1)=C(C)C. The van der Waals surface area contributed by atoms with Crippen LogP contribution in [0.5, 0.6) is 0 Å². The molecule has 1 aromatic carbocycles. The van der Waals surface area contributed by atoms with Crippen LogP contribution in [0.15, 0.2) is 47.2 Å². The van der Waals surface area contributed by atoms with Gasteiger partial charge in [0, 0.05) is 11.4 Å². The quantitative estimate of drug-likeness (QED) is 0.730. The molecule has 0 aliphatic heterocycles. The monoisotopic (exact) mass is 233 g/mol. The van der Waals surface area contributed by atoms with E-state index in [9.17, 15) is 4.39 Å². The van der Waals surface area contributed by atoms with Crippen molar-refractivity contribution < 1.29 is 4.39 Å². The van der Waals surface area contributed by atoms with Crippen molar-refractivity contribution in [3.8, 4) is 0 Å². The molecule has 2 heteroatoms. The minimum atomic E-state index is -0.213. The first-order valence-corrected chi connectivity index (χ1v) is 5.91. The van der Waals surface area contributed by atoms with Gasteiger partial charge in [0.05, 0.1) is 0 Å². The maximum Gasteiger partial charge on any atom is 0.123 e. The van der Waals surface area contributed by atoms with Crippen LogP contribution in [0, 0.1) is 5.82 Å². The summed E-state index contributed by atoms with van der Waals surface area (Å²) < 4.78 is 12.8. The van der Waals surface area contributed by atoms with Gasteiger partial charge >= 0.3 is 0 Å². The maximum absolute atomic E-state index is 12.8. The van der Waals surface area contributed by atoms with Crippen LogP contribution in [0.3, 0.4) is 0 Å². The summed E-state index contributed by atoms with van der Waals surface area (Å²) in [5.41, 5.74) is 4.46. The number of hydrogen-bond donors (Lipinski definition) is 1. The summed E-state index contributed by atoms with van der Waals surface area (Å²) in [4.78, 5) is 0. The molecule has 0 saturated carbocycles. The Hall–Kier alpha value is -1.57. The molecular weight excluding hydrogens is 213 g/mol. The molecule has 0 bridgehead atoms. The van der Waals surface area contributed by atoms with E-state index in [0.29, 0.717) is 0 Å². The second-order valence-electron chi connectivity index (χ2n) is 4.30. The largest absolute Gasteiger partial charge is 0.355 e. The lowest BCUT2D eigenvalue weighted by molar-refractivity contribution is 0.628. The lowest BCUT2D eigenvalue weighted by Crippen LogP contribution is -2.03. The second kappa shape index (κ2) is 6.24. The molecule has 0 aliphatic rings. The summed E-state index contributed by atoms with van der Waals surface area (Å²) in [6.45, 7) is 8.34. The molecular formula is C15H20FN. The van der Waals surface area contributed by atoms with Gasteiger partial charge in [-0.1, -0.05) is 18.6 Å². The van der Waals surface area contributed by atoms with E-state index in [0.717, 1.165) is 17.8 Å². The smallest absolute Gasteiger partial charge is 0.123 e. The Kier molecular flexibility index (Phi) is 4.95. The van der Waals surface area contributed by atoms with Gasteiger partial charge in [-0.25, -0.2) is 4.39 Å². The molecule has 0 unspecified atom stereocenters. The molecule has 1 nitrogen and oxygen atoms in total. The van der Waals surface area contributed by atoms with Gasteiger partial charge in [-0.3, -0.25) is 0 Å². The van der Waals surface area contributed by atoms with E-state index in [1.54, 1.807) is 12.1 Å². The number of rotatable bonds is 4. The molecule has 1 N–H and O–H groups in total. The van der Waals surface area contributed by atoms with Gasteiger partial charge in [-0.05, 0) is 57.0 Å². The minimum absolute atomic E-state index is 0.213. The van der Waals surface area contributed by atoms with E-state index >= 15 is 0 Å². The van der Waals surface area contributed by atoms with Crippen LogP contribution in [0.1, 0.15) is 34.1 Å². The molecule has 0 heterocycles. The van der Waals surface area contributed by atoms with Crippen LogP contribution in [0.25, 0.3) is 0 Å². The lowest BCUT2D eigenvalue weighted by Gasteiger charge is -2.14. The molecule has 0 radical (unpaired) electrons. The molecule has 0 saturated heterocycles. The molecule has 0 spiro atoms. The third-order valence-electron chi connectivity index (χ3n) is 2.52. The Morgan fingerprint density at radius 2 is 1.76 bits per heavy atom. The normalized spacial score (nSPS) is 11.2. The van der Waals surface area contributed by atoms with Crippen LogP contribution >= 0.6 is 0 Å². The molecule has 0 atom stereocenters. The molecule has 17 heavy (non-hydrogen) atoms. The van der Waals surface area contributed by atoms with Gasteiger partial charge in [0.2, 0.25) is 0 Å². The summed E-state index contributed by atoms with van der Waals surface area (Å²) in [5, 5.41) is 3.33. The molecule has 0 amide bonds. The first-order chi connectivity index (χ1) is 8.04. The molecule has 1 rings (SSSR count). The van der Waals surface area contributed by atoms with Crippen LogP contribution in [0.2, 0.25) is 0 Å². The zero-order valence-electron chi connectivity index (χ0n) is 11.0. The van der Waals surface area contributed by atoms with Gasteiger partial charge in [-0.15, -0.1) is 0 Å². The Morgan fingerprint density at radius 1 is 1.18 bits per heavy atom. The molecule has 1 aromatic rings. The van der Waals surface area contributed by atoms with Crippen molar-refractivity contribution in [1.82, 2.24) is 0 Å². The Morgan fingerprint density at radius 3 is 2.24 bits per heavy atom. The van der Waals surface area contributed by atoms with E-state index < -0.39 is 0 Å². The van der Waals surface area contributed by atoms with E-state index in [1.807, 2.05) is 0 Å². The van der Waals surface area contributed by atoms with Crippen LogP contribution in [-0.4, -0.2) is 0 Å². The zero-order chi connectivity index (χ0) is 12.8. The summed E-state index contributed by atoms with van der Waals surface area (Å²) in [6, 6.07) is 6.42. The van der Waals surface area contributed by atoms with Crippen molar-refractivity contribution in [3.05, 3.63) is 53.0 Å². The predicted octanol–water partition coefficient (Wildman–Crippen LogP) is 4.89. The Labute approximate surface area is 103 Å². The van der Waals surface area contributed by atoms with Crippen LogP contribution in [0.4, 0.5) is 10.1 Å². The van der Waals surface area contributed by atoms with Crippen molar-refractivity contribution >= 4 is 5.69 Å². The Balaban J connectivity index is 2.93. The highest BCUT2D eigenvalue weighted by molar-refractivity contribution is 5.53. The van der Waals surface area contributed by atoms with Crippen molar-refractivity contribution in [2.24, 2.45) is 0 Å². The number of anilines is 1. The van der Waals surface area contributed by atoms with Crippen molar-refractivity contribution in [2.75, 3.05) is 5.32 Å². The summed E-state index contributed by atoms with van der Waals surface area (Å²) in [5.74, 6) is -0.213. The number of nitrogens with one attached hydrogen (secondary N) is 1. The number of benzene rings is 1.